The Bertz CT molecular complexity index is 486. The first-order valence-electron chi connectivity index (χ1n) is 5.97. The molecular weight excluding hydrogens is 250 g/mol. The van der Waals surface area contributed by atoms with Crippen molar-refractivity contribution in [3.8, 4) is 0 Å². The van der Waals surface area contributed by atoms with E-state index in [0.717, 1.165) is 23.2 Å². The van der Waals surface area contributed by atoms with Crippen LogP contribution in [0.25, 0.3) is 0 Å². The fourth-order valence-corrected chi connectivity index (χ4v) is 3.38. The molecule has 1 fully saturated rings. The van der Waals surface area contributed by atoms with Gasteiger partial charge in [-0.05, 0) is 30.0 Å². The molecule has 0 aliphatic heterocycles. The standard InChI is InChI=1S/C12H15N3S2/c1-2-16-12-14-13-11(15(12)9-5-6-9)8-10-4-3-7-17-10/h3-4,7,9H,2,5-6,8H2,1H3. The lowest BCUT2D eigenvalue weighted by atomic mass is 10.3. The van der Waals surface area contributed by atoms with Gasteiger partial charge in [-0.1, -0.05) is 24.8 Å². The van der Waals surface area contributed by atoms with E-state index in [1.165, 1.54) is 17.7 Å². The van der Waals surface area contributed by atoms with E-state index in [-0.39, 0.29) is 0 Å². The molecule has 90 valence electrons. The van der Waals surface area contributed by atoms with Crippen molar-refractivity contribution in [3.05, 3.63) is 28.2 Å². The van der Waals surface area contributed by atoms with Crippen molar-refractivity contribution < 1.29 is 0 Å². The van der Waals surface area contributed by atoms with Crippen LogP contribution in [0.2, 0.25) is 0 Å². The average Bonchev–Trinajstić information content (AvgIpc) is 2.88. The molecule has 3 nitrogen and oxygen atoms in total. The van der Waals surface area contributed by atoms with Crippen LogP contribution >= 0.6 is 23.1 Å². The summed E-state index contributed by atoms with van der Waals surface area (Å²) in [6, 6.07) is 4.93. The zero-order chi connectivity index (χ0) is 11.7. The molecule has 0 radical (unpaired) electrons. The van der Waals surface area contributed by atoms with Gasteiger partial charge in [0.25, 0.3) is 0 Å². The summed E-state index contributed by atoms with van der Waals surface area (Å²) in [6.45, 7) is 2.16. The first kappa shape index (κ1) is 11.3. The van der Waals surface area contributed by atoms with E-state index in [0.29, 0.717) is 6.04 Å². The van der Waals surface area contributed by atoms with E-state index in [1.807, 2.05) is 0 Å². The summed E-state index contributed by atoms with van der Waals surface area (Å²) < 4.78 is 2.36. The molecule has 0 saturated heterocycles. The molecular formula is C12H15N3S2. The molecule has 0 spiro atoms. The minimum Gasteiger partial charge on any atom is -0.303 e. The molecule has 17 heavy (non-hydrogen) atoms. The molecule has 2 aromatic rings. The van der Waals surface area contributed by atoms with Gasteiger partial charge < -0.3 is 4.57 Å². The second-order valence-electron chi connectivity index (χ2n) is 4.19. The fraction of sp³-hybridized carbons (Fsp3) is 0.500. The molecule has 0 aromatic carbocycles. The lowest BCUT2D eigenvalue weighted by Gasteiger charge is -2.07. The molecule has 0 N–H and O–H groups in total. The SMILES string of the molecule is CCSc1nnc(Cc2cccs2)n1C1CC1. The average molecular weight is 265 g/mol. The third-order valence-electron chi connectivity index (χ3n) is 2.83. The molecule has 0 bridgehead atoms. The molecule has 2 aromatic heterocycles. The van der Waals surface area contributed by atoms with Crippen molar-refractivity contribution in [2.45, 2.75) is 37.4 Å². The van der Waals surface area contributed by atoms with Crippen LogP contribution in [0.5, 0.6) is 0 Å². The van der Waals surface area contributed by atoms with Gasteiger partial charge in [0, 0.05) is 17.3 Å². The number of nitrogens with zero attached hydrogens (tertiary/aromatic N) is 3. The monoisotopic (exact) mass is 265 g/mol. The van der Waals surface area contributed by atoms with Crippen LogP contribution in [-0.4, -0.2) is 20.5 Å². The van der Waals surface area contributed by atoms with Crippen molar-refractivity contribution in [2.24, 2.45) is 0 Å². The van der Waals surface area contributed by atoms with Gasteiger partial charge in [-0.3, -0.25) is 0 Å². The van der Waals surface area contributed by atoms with E-state index >= 15 is 0 Å². The Labute approximate surface area is 109 Å². The van der Waals surface area contributed by atoms with Crippen LogP contribution < -0.4 is 0 Å². The van der Waals surface area contributed by atoms with Crippen LogP contribution in [0.15, 0.2) is 22.7 Å². The Kier molecular flexibility index (Phi) is 3.20. The van der Waals surface area contributed by atoms with Crippen LogP contribution in [-0.2, 0) is 6.42 Å². The molecule has 0 unspecified atom stereocenters. The van der Waals surface area contributed by atoms with Gasteiger partial charge in [0.2, 0.25) is 0 Å². The van der Waals surface area contributed by atoms with Gasteiger partial charge in [0.05, 0.1) is 0 Å². The number of rotatable bonds is 5. The maximum Gasteiger partial charge on any atom is 0.191 e. The van der Waals surface area contributed by atoms with E-state index in [1.54, 1.807) is 23.1 Å². The number of thioether (sulfide) groups is 1. The predicted octanol–water partition coefficient (Wildman–Crippen LogP) is 3.38. The highest BCUT2D eigenvalue weighted by Crippen LogP contribution is 2.39. The van der Waals surface area contributed by atoms with Crippen LogP contribution in [0.3, 0.4) is 0 Å². The Morgan fingerprint density at radius 3 is 3.00 bits per heavy atom. The highest BCUT2D eigenvalue weighted by Gasteiger charge is 2.29. The second kappa shape index (κ2) is 4.82. The fourth-order valence-electron chi connectivity index (χ4n) is 1.92. The largest absolute Gasteiger partial charge is 0.303 e. The molecule has 1 saturated carbocycles. The molecule has 0 atom stereocenters. The Morgan fingerprint density at radius 1 is 1.47 bits per heavy atom. The molecule has 2 heterocycles. The maximum absolute atomic E-state index is 4.37. The van der Waals surface area contributed by atoms with E-state index in [9.17, 15) is 0 Å². The zero-order valence-electron chi connectivity index (χ0n) is 9.80. The van der Waals surface area contributed by atoms with Crippen LogP contribution in [0.1, 0.15) is 36.5 Å². The second-order valence-corrected chi connectivity index (χ2v) is 6.45. The normalized spacial score (nSPS) is 15.4. The van der Waals surface area contributed by atoms with E-state index < -0.39 is 0 Å². The lowest BCUT2D eigenvalue weighted by Crippen LogP contribution is -2.03. The number of hydrogen-bond donors (Lipinski definition) is 0. The van der Waals surface area contributed by atoms with Crippen molar-refractivity contribution in [1.29, 1.82) is 0 Å². The van der Waals surface area contributed by atoms with Gasteiger partial charge >= 0.3 is 0 Å². The van der Waals surface area contributed by atoms with Crippen molar-refractivity contribution in [2.75, 3.05) is 5.75 Å². The summed E-state index contributed by atoms with van der Waals surface area (Å²) in [4.78, 5) is 1.37. The summed E-state index contributed by atoms with van der Waals surface area (Å²) in [5.41, 5.74) is 0. The van der Waals surface area contributed by atoms with Crippen LogP contribution in [0.4, 0.5) is 0 Å². The highest BCUT2D eigenvalue weighted by atomic mass is 32.2. The number of thiophene rings is 1. The third kappa shape index (κ3) is 2.40. The number of aromatic nitrogens is 3. The number of hydrogen-bond acceptors (Lipinski definition) is 4. The van der Waals surface area contributed by atoms with Crippen LogP contribution in [0, 0.1) is 0 Å². The van der Waals surface area contributed by atoms with E-state index in [4.69, 9.17) is 0 Å². The molecule has 1 aliphatic carbocycles. The minimum atomic E-state index is 0.661. The maximum atomic E-state index is 4.37. The summed E-state index contributed by atoms with van der Waals surface area (Å²) in [7, 11) is 0. The summed E-state index contributed by atoms with van der Waals surface area (Å²) >= 11 is 3.59. The Hall–Kier alpha value is -0.810. The van der Waals surface area contributed by atoms with Gasteiger partial charge in [-0.2, -0.15) is 0 Å². The van der Waals surface area contributed by atoms with Gasteiger partial charge in [-0.15, -0.1) is 21.5 Å². The quantitative estimate of drug-likeness (QED) is 0.777. The molecule has 3 rings (SSSR count). The van der Waals surface area contributed by atoms with Gasteiger partial charge in [0.15, 0.2) is 5.16 Å². The van der Waals surface area contributed by atoms with Crippen molar-refractivity contribution in [3.63, 3.8) is 0 Å². The van der Waals surface area contributed by atoms with E-state index in [2.05, 4.69) is 39.2 Å². The Morgan fingerprint density at radius 2 is 2.35 bits per heavy atom. The first-order valence-corrected chi connectivity index (χ1v) is 7.84. The summed E-state index contributed by atoms with van der Waals surface area (Å²) in [5, 5.41) is 11.9. The molecule has 1 aliphatic rings. The summed E-state index contributed by atoms with van der Waals surface area (Å²) in [6.07, 6.45) is 3.49. The first-order chi connectivity index (χ1) is 8.38. The summed E-state index contributed by atoms with van der Waals surface area (Å²) in [5.74, 6) is 2.19. The molecule has 0 amide bonds. The minimum absolute atomic E-state index is 0.661. The topological polar surface area (TPSA) is 30.7 Å². The van der Waals surface area contributed by atoms with Gasteiger partial charge in [0.1, 0.15) is 5.82 Å². The third-order valence-corrected chi connectivity index (χ3v) is 4.53. The lowest BCUT2D eigenvalue weighted by molar-refractivity contribution is 0.635. The van der Waals surface area contributed by atoms with Crippen molar-refractivity contribution >= 4 is 23.1 Å². The predicted molar refractivity (Wildman–Crippen MR) is 71.8 cm³/mol. The highest BCUT2D eigenvalue weighted by molar-refractivity contribution is 7.99. The van der Waals surface area contributed by atoms with Gasteiger partial charge in [-0.25, -0.2) is 0 Å². The van der Waals surface area contributed by atoms with Crippen molar-refractivity contribution in [1.82, 2.24) is 14.8 Å². The smallest absolute Gasteiger partial charge is 0.191 e. The Balaban J connectivity index is 1.88. The zero-order valence-corrected chi connectivity index (χ0v) is 11.4. The molecule has 5 heteroatoms.